The molecule has 0 atom stereocenters. The van der Waals surface area contributed by atoms with Gasteiger partial charge in [-0.25, -0.2) is 18.2 Å². The number of rotatable bonds is 6. The summed E-state index contributed by atoms with van der Waals surface area (Å²) in [5, 5.41) is 2.70. The third-order valence-corrected chi connectivity index (χ3v) is 3.44. The Kier molecular flexibility index (Phi) is 5.13. The minimum absolute atomic E-state index is 0.0490. The molecule has 0 aliphatic heterocycles. The molecule has 0 fully saturated rings. The van der Waals surface area contributed by atoms with Gasteiger partial charge in [0.2, 0.25) is 0 Å². The second-order valence-electron chi connectivity index (χ2n) is 5.17. The maximum Gasteiger partial charge on any atom is 0.318 e. The Morgan fingerprint density at radius 1 is 0.840 bits per heavy atom. The molecule has 0 saturated carbocycles. The van der Waals surface area contributed by atoms with Crippen LogP contribution < -0.4 is 10.1 Å². The highest BCUT2D eigenvalue weighted by Crippen LogP contribution is 2.17. The van der Waals surface area contributed by atoms with Gasteiger partial charge in [0.15, 0.2) is 11.6 Å². The van der Waals surface area contributed by atoms with E-state index in [9.17, 15) is 13.2 Å². The van der Waals surface area contributed by atoms with Crippen LogP contribution in [0.4, 0.5) is 19.0 Å². The van der Waals surface area contributed by atoms with E-state index in [0.717, 1.165) is 6.20 Å². The number of halogens is 3. The lowest BCUT2D eigenvalue weighted by atomic mass is 10.2. The Hall–Kier alpha value is -3.09. The summed E-state index contributed by atoms with van der Waals surface area (Å²) in [6.45, 7) is -0.0432. The molecule has 0 amide bonds. The van der Waals surface area contributed by atoms with Gasteiger partial charge in [0.05, 0.1) is 6.20 Å². The summed E-state index contributed by atoms with van der Waals surface area (Å²) in [5.74, 6) is -1.64. The van der Waals surface area contributed by atoms with Crippen molar-refractivity contribution in [1.29, 1.82) is 0 Å². The van der Waals surface area contributed by atoms with E-state index < -0.39 is 17.5 Å². The maximum absolute atomic E-state index is 13.8. The Labute approximate surface area is 142 Å². The molecule has 0 bridgehead atoms. The van der Waals surface area contributed by atoms with E-state index in [1.165, 1.54) is 12.1 Å². The van der Waals surface area contributed by atoms with Gasteiger partial charge >= 0.3 is 6.01 Å². The van der Waals surface area contributed by atoms with Crippen molar-refractivity contribution in [3.05, 3.63) is 83.3 Å². The number of hydrogen-bond acceptors (Lipinski definition) is 4. The molecule has 4 nitrogen and oxygen atoms in total. The molecule has 3 aromatic rings. The number of anilines is 1. The van der Waals surface area contributed by atoms with Crippen molar-refractivity contribution in [1.82, 2.24) is 9.97 Å². The first-order chi connectivity index (χ1) is 12.1. The van der Waals surface area contributed by atoms with E-state index in [4.69, 9.17) is 4.74 Å². The first-order valence-corrected chi connectivity index (χ1v) is 7.49. The van der Waals surface area contributed by atoms with Crippen molar-refractivity contribution >= 4 is 5.82 Å². The molecular formula is C18H14F3N3O. The molecule has 1 aromatic heterocycles. The Morgan fingerprint density at radius 3 is 2.16 bits per heavy atom. The summed E-state index contributed by atoms with van der Waals surface area (Å²) in [7, 11) is 0. The predicted molar refractivity (Wildman–Crippen MR) is 86.4 cm³/mol. The molecular weight excluding hydrogens is 331 g/mol. The molecule has 0 aliphatic rings. The van der Waals surface area contributed by atoms with Crippen molar-refractivity contribution in [2.24, 2.45) is 0 Å². The molecule has 128 valence electrons. The maximum atomic E-state index is 13.8. The predicted octanol–water partition coefficient (Wildman–Crippen LogP) is 4.09. The van der Waals surface area contributed by atoms with Gasteiger partial charge in [-0.3, -0.25) is 0 Å². The third kappa shape index (κ3) is 4.26. The largest absolute Gasteiger partial charge is 0.458 e. The van der Waals surface area contributed by atoms with Crippen LogP contribution in [0.1, 0.15) is 11.1 Å². The fourth-order valence-electron chi connectivity index (χ4n) is 2.12. The molecule has 0 spiro atoms. The summed E-state index contributed by atoms with van der Waals surface area (Å²) in [5.41, 5.74) is 0.700. The minimum Gasteiger partial charge on any atom is -0.458 e. The summed E-state index contributed by atoms with van der Waals surface area (Å²) in [6.07, 6.45) is 0.938. The molecule has 1 heterocycles. The van der Waals surface area contributed by atoms with Crippen LogP contribution in [0.15, 0.2) is 54.7 Å². The van der Waals surface area contributed by atoms with E-state index in [0.29, 0.717) is 11.1 Å². The number of nitrogens with one attached hydrogen (secondary N) is 1. The van der Waals surface area contributed by atoms with Gasteiger partial charge in [0, 0.05) is 17.7 Å². The molecule has 0 saturated heterocycles. The Bertz CT molecular complexity index is 874. The van der Waals surface area contributed by atoms with Gasteiger partial charge in [0.1, 0.15) is 18.2 Å². The average molecular weight is 345 g/mol. The van der Waals surface area contributed by atoms with Crippen molar-refractivity contribution in [2.75, 3.05) is 5.32 Å². The Morgan fingerprint density at radius 2 is 1.48 bits per heavy atom. The molecule has 3 rings (SSSR count). The van der Waals surface area contributed by atoms with Gasteiger partial charge in [-0.1, -0.05) is 36.4 Å². The van der Waals surface area contributed by atoms with Crippen LogP contribution in [0.2, 0.25) is 0 Å². The van der Waals surface area contributed by atoms with Crippen LogP contribution in [-0.2, 0) is 13.2 Å². The third-order valence-electron chi connectivity index (χ3n) is 3.44. The summed E-state index contributed by atoms with van der Waals surface area (Å²) >= 11 is 0. The lowest BCUT2D eigenvalue weighted by Crippen LogP contribution is -2.08. The van der Waals surface area contributed by atoms with Gasteiger partial charge in [-0.05, 0) is 12.1 Å². The van der Waals surface area contributed by atoms with Crippen molar-refractivity contribution < 1.29 is 17.9 Å². The normalized spacial score (nSPS) is 10.5. The first kappa shape index (κ1) is 16.8. The highest BCUT2D eigenvalue weighted by Gasteiger charge is 2.10. The molecule has 2 aromatic carbocycles. The number of aromatic nitrogens is 2. The molecule has 1 N–H and O–H groups in total. The van der Waals surface area contributed by atoms with Crippen molar-refractivity contribution in [3.63, 3.8) is 0 Å². The zero-order valence-electron chi connectivity index (χ0n) is 13.0. The molecule has 0 unspecified atom stereocenters. The number of nitrogens with zero attached hydrogens (tertiary/aromatic N) is 2. The summed E-state index contributed by atoms with van der Waals surface area (Å²) in [4.78, 5) is 7.61. The molecule has 0 radical (unpaired) electrons. The monoisotopic (exact) mass is 345 g/mol. The van der Waals surface area contributed by atoms with Crippen LogP contribution in [0.3, 0.4) is 0 Å². The zero-order valence-corrected chi connectivity index (χ0v) is 13.0. The zero-order chi connectivity index (χ0) is 17.6. The molecule has 0 aliphatic carbocycles. The smallest absolute Gasteiger partial charge is 0.318 e. The highest BCUT2D eigenvalue weighted by molar-refractivity contribution is 5.37. The second kappa shape index (κ2) is 7.65. The van der Waals surface area contributed by atoms with E-state index in [-0.39, 0.29) is 25.0 Å². The lowest BCUT2D eigenvalue weighted by Gasteiger charge is -2.10. The van der Waals surface area contributed by atoms with Crippen LogP contribution in [0.25, 0.3) is 0 Å². The molecule has 25 heavy (non-hydrogen) atoms. The van der Waals surface area contributed by atoms with Crippen molar-refractivity contribution in [2.45, 2.75) is 13.2 Å². The van der Waals surface area contributed by atoms with E-state index in [2.05, 4.69) is 15.3 Å². The standard InChI is InChI=1S/C18H14F3N3O/c19-14-7-3-1-5-12(14)9-22-17-16(21)10-23-18(24-17)25-11-13-6-2-4-8-15(13)20/h1-8,10H,9,11H2,(H,22,23,24). The molecule has 7 heteroatoms. The quantitative estimate of drug-likeness (QED) is 0.731. The van der Waals surface area contributed by atoms with Gasteiger partial charge < -0.3 is 10.1 Å². The van der Waals surface area contributed by atoms with E-state index >= 15 is 0 Å². The minimum atomic E-state index is -0.699. The fraction of sp³-hybridized carbons (Fsp3) is 0.111. The topological polar surface area (TPSA) is 47.0 Å². The van der Waals surface area contributed by atoms with Gasteiger partial charge in [-0.2, -0.15) is 4.98 Å². The van der Waals surface area contributed by atoms with Crippen molar-refractivity contribution in [3.8, 4) is 6.01 Å². The number of hydrogen-bond donors (Lipinski definition) is 1. The van der Waals surface area contributed by atoms with E-state index in [1.54, 1.807) is 36.4 Å². The van der Waals surface area contributed by atoms with Crippen LogP contribution in [0, 0.1) is 17.5 Å². The van der Waals surface area contributed by atoms with Gasteiger partial charge in [-0.15, -0.1) is 0 Å². The number of ether oxygens (including phenoxy) is 1. The van der Waals surface area contributed by atoms with E-state index in [1.807, 2.05) is 0 Å². The highest BCUT2D eigenvalue weighted by atomic mass is 19.1. The second-order valence-corrected chi connectivity index (χ2v) is 5.17. The van der Waals surface area contributed by atoms with Crippen LogP contribution >= 0.6 is 0 Å². The lowest BCUT2D eigenvalue weighted by molar-refractivity contribution is 0.274. The summed E-state index contributed by atoms with van der Waals surface area (Å²) in [6, 6.07) is 12.2. The number of benzene rings is 2. The average Bonchev–Trinajstić information content (AvgIpc) is 2.62. The van der Waals surface area contributed by atoms with Crippen LogP contribution in [-0.4, -0.2) is 9.97 Å². The van der Waals surface area contributed by atoms with Gasteiger partial charge in [0.25, 0.3) is 0 Å². The SMILES string of the molecule is Fc1ccccc1CNc1nc(OCc2ccccc2F)ncc1F. The summed E-state index contributed by atoms with van der Waals surface area (Å²) < 4.78 is 46.2. The first-order valence-electron chi connectivity index (χ1n) is 7.49. The Balaban J connectivity index is 1.68. The van der Waals surface area contributed by atoms with Crippen LogP contribution in [0.5, 0.6) is 6.01 Å². The fourth-order valence-corrected chi connectivity index (χ4v) is 2.12.